The van der Waals surface area contributed by atoms with Crippen molar-refractivity contribution in [1.82, 2.24) is 5.32 Å². The lowest BCUT2D eigenvalue weighted by atomic mass is 10.1. The molecule has 6 nitrogen and oxygen atoms in total. The topological polar surface area (TPSA) is 104 Å². The first kappa shape index (κ1) is 14.9. The lowest BCUT2D eigenvalue weighted by Crippen LogP contribution is -2.42. The molecule has 3 N–H and O–H groups in total. The van der Waals surface area contributed by atoms with Crippen molar-refractivity contribution in [3.8, 4) is 0 Å². The lowest BCUT2D eigenvalue weighted by molar-refractivity contribution is -0.145. The number of carboxylic acids is 2. The molecule has 1 aromatic rings. The first-order valence-electron chi connectivity index (χ1n) is 5.02. The van der Waals surface area contributed by atoms with E-state index in [1.165, 1.54) is 12.1 Å². The molecule has 1 amide bonds. The number of amides is 1. The van der Waals surface area contributed by atoms with E-state index in [0.717, 1.165) is 6.07 Å². The smallest absolute Gasteiger partial charge is 0.326 e. The fourth-order valence-electron chi connectivity index (χ4n) is 1.29. The van der Waals surface area contributed by atoms with Crippen LogP contribution in [0.1, 0.15) is 16.8 Å². The molecule has 0 aliphatic carbocycles. The van der Waals surface area contributed by atoms with Crippen LogP contribution < -0.4 is 5.32 Å². The third-order valence-corrected chi connectivity index (χ3v) is 2.47. The van der Waals surface area contributed by atoms with E-state index in [4.69, 9.17) is 21.8 Å². The first-order chi connectivity index (χ1) is 8.82. The van der Waals surface area contributed by atoms with Crippen LogP contribution in [0.25, 0.3) is 0 Å². The molecule has 0 heterocycles. The summed E-state index contributed by atoms with van der Waals surface area (Å²) in [6.45, 7) is 0. The second kappa shape index (κ2) is 6.14. The van der Waals surface area contributed by atoms with Gasteiger partial charge in [-0.25, -0.2) is 9.18 Å². The molecular formula is C11H9ClFNO5. The molecule has 0 aromatic heterocycles. The molecule has 0 fully saturated rings. The number of aliphatic carboxylic acids is 2. The predicted molar refractivity (Wildman–Crippen MR) is 62.6 cm³/mol. The van der Waals surface area contributed by atoms with Gasteiger partial charge in [-0.05, 0) is 12.1 Å². The minimum absolute atomic E-state index is 0.294. The van der Waals surface area contributed by atoms with E-state index in [0.29, 0.717) is 0 Å². The number of carboxylic acid groups (broad SMARTS) is 2. The Balaban J connectivity index is 2.91. The maximum atomic E-state index is 13.5. The minimum atomic E-state index is -1.65. The highest BCUT2D eigenvalue weighted by atomic mass is 35.5. The van der Waals surface area contributed by atoms with E-state index >= 15 is 0 Å². The van der Waals surface area contributed by atoms with Gasteiger partial charge in [0.2, 0.25) is 0 Å². The Labute approximate surface area is 111 Å². The fourth-order valence-corrected chi connectivity index (χ4v) is 1.46. The maximum Gasteiger partial charge on any atom is 0.326 e. The second-order valence-corrected chi connectivity index (χ2v) is 3.97. The summed E-state index contributed by atoms with van der Waals surface area (Å²) in [7, 11) is 0. The Hall–Kier alpha value is -2.15. The number of carbonyl (C=O) groups is 3. The van der Waals surface area contributed by atoms with Crippen molar-refractivity contribution >= 4 is 29.4 Å². The summed E-state index contributed by atoms with van der Waals surface area (Å²) in [4.78, 5) is 32.8. The predicted octanol–water partition coefficient (Wildman–Crippen LogP) is 1.14. The fraction of sp³-hybridized carbons (Fsp3) is 0.182. The summed E-state index contributed by atoms with van der Waals surface area (Å²) in [5.41, 5.74) is -0.455. The van der Waals surface area contributed by atoms with Gasteiger partial charge in [-0.1, -0.05) is 17.7 Å². The average molecular weight is 290 g/mol. The van der Waals surface area contributed by atoms with Gasteiger partial charge in [0.15, 0.2) is 5.82 Å². The van der Waals surface area contributed by atoms with Gasteiger partial charge in [0.05, 0.1) is 17.0 Å². The zero-order chi connectivity index (χ0) is 14.6. The summed E-state index contributed by atoms with van der Waals surface area (Å²) >= 11 is 5.48. The van der Waals surface area contributed by atoms with Gasteiger partial charge in [-0.2, -0.15) is 0 Å². The van der Waals surface area contributed by atoms with Crippen LogP contribution >= 0.6 is 11.6 Å². The molecule has 1 atom stereocenters. The SMILES string of the molecule is O=C(O)CC(NC(=O)c1cccc(Cl)c1F)C(=O)O. The largest absolute Gasteiger partial charge is 0.481 e. The molecule has 0 bridgehead atoms. The molecule has 1 unspecified atom stereocenters. The zero-order valence-corrected chi connectivity index (χ0v) is 10.1. The van der Waals surface area contributed by atoms with E-state index in [2.05, 4.69) is 0 Å². The molecule has 0 spiro atoms. The zero-order valence-electron chi connectivity index (χ0n) is 9.39. The number of rotatable bonds is 5. The van der Waals surface area contributed by atoms with Gasteiger partial charge in [-0.15, -0.1) is 0 Å². The number of benzene rings is 1. The van der Waals surface area contributed by atoms with Crippen molar-refractivity contribution in [2.45, 2.75) is 12.5 Å². The van der Waals surface area contributed by atoms with Crippen molar-refractivity contribution in [2.75, 3.05) is 0 Å². The number of hydrogen-bond acceptors (Lipinski definition) is 3. The van der Waals surface area contributed by atoms with Crippen LogP contribution in [0.2, 0.25) is 5.02 Å². The molecular weight excluding hydrogens is 281 g/mol. The van der Waals surface area contributed by atoms with E-state index < -0.39 is 41.7 Å². The van der Waals surface area contributed by atoms with E-state index in [-0.39, 0.29) is 5.02 Å². The summed E-state index contributed by atoms with van der Waals surface area (Å²) in [5, 5.41) is 18.9. The van der Waals surface area contributed by atoms with Crippen LogP contribution in [0, 0.1) is 5.82 Å². The van der Waals surface area contributed by atoms with Crippen LogP contribution in [0.3, 0.4) is 0 Å². The van der Waals surface area contributed by atoms with Crippen molar-refractivity contribution in [2.24, 2.45) is 0 Å². The highest BCUT2D eigenvalue weighted by Gasteiger charge is 2.25. The lowest BCUT2D eigenvalue weighted by Gasteiger charge is -2.12. The number of halogens is 2. The van der Waals surface area contributed by atoms with Crippen LogP contribution in [0.15, 0.2) is 18.2 Å². The molecule has 0 saturated heterocycles. The van der Waals surface area contributed by atoms with Crippen LogP contribution in [0.5, 0.6) is 0 Å². The van der Waals surface area contributed by atoms with Crippen molar-refractivity contribution in [1.29, 1.82) is 0 Å². The molecule has 1 rings (SSSR count). The molecule has 8 heteroatoms. The summed E-state index contributed by atoms with van der Waals surface area (Å²) in [6, 6.07) is 1.99. The molecule has 0 saturated carbocycles. The van der Waals surface area contributed by atoms with E-state index in [9.17, 15) is 18.8 Å². The van der Waals surface area contributed by atoms with Gasteiger partial charge >= 0.3 is 11.9 Å². The molecule has 0 aliphatic rings. The summed E-state index contributed by atoms with van der Waals surface area (Å²) in [6.07, 6.45) is -0.816. The Morgan fingerprint density at radius 1 is 1.32 bits per heavy atom. The Kier molecular flexibility index (Phi) is 4.82. The molecule has 19 heavy (non-hydrogen) atoms. The van der Waals surface area contributed by atoms with Gasteiger partial charge in [0.1, 0.15) is 6.04 Å². The van der Waals surface area contributed by atoms with Crippen LogP contribution in [0.4, 0.5) is 4.39 Å². The van der Waals surface area contributed by atoms with Crippen LogP contribution in [-0.4, -0.2) is 34.1 Å². The molecule has 0 aliphatic heterocycles. The standard InChI is InChI=1S/C11H9ClFNO5/c12-6-3-1-2-5(9(6)13)10(17)14-7(11(18)19)4-8(15)16/h1-3,7H,4H2,(H,14,17)(H,15,16)(H,18,19). The molecule has 1 aromatic carbocycles. The molecule has 0 radical (unpaired) electrons. The Bertz CT molecular complexity index is 534. The average Bonchev–Trinajstić information content (AvgIpc) is 2.31. The van der Waals surface area contributed by atoms with Gasteiger partial charge < -0.3 is 15.5 Å². The third-order valence-electron chi connectivity index (χ3n) is 2.18. The van der Waals surface area contributed by atoms with Gasteiger partial charge in [-0.3, -0.25) is 9.59 Å². The number of carbonyl (C=O) groups excluding carboxylic acids is 1. The van der Waals surface area contributed by atoms with Gasteiger partial charge in [0, 0.05) is 0 Å². The van der Waals surface area contributed by atoms with Crippen molar-refractivity contribution < 1.29 is 29.0 Å². The van der Waals surface area contributed by atoms with Crippen molar-refractivity contribution in [3.63, 3.8) is 0 Å². The highest BCUT2D eigenvalue weighted by Crippen LogP contribution is 2.17. The van der Waals surface area contributed by atoms with E-state index in [1.54, 1.807) is 0 Å². The van der Waals surface area contributed by atoms with Crippen LogP contribution in [-0.2, 0) is 9.59 Å². The van der Waals surface area contributed by atoms with Crippen molar-refractivity contribution in [3.05, 3.63) is 34.6 Å². The Morgan fingerprint density at radius 2 is 1.95 bits per heavy atom. The quantitative estimate of drug-likeness (QED) is 0.754. The monoisotopic (exact) mass is 289 g/mol. The number of hydrogen-bond donors (Lipinski definition) is 3. The van der Waals surface area contributed by atoms with Gasteiger partial charge in [0.25, 0.3) is 5.91 Å². The molecule has 102 valence electrons. The summed E-state index contributed by atoms with van der Waals surface area (Å²) in [5.74, 6) is -4.98. The van der Waals surface area contributed by atoms with E-state index in [1.807, 2.05) is 5.32 Å². The third kappa shape index (κ3) is 3.92. The normalized spacial score (nSPS) is 11.7. The number of nitrogens with one attached hydrogen (secondary N) is 1. The highest BCUT2D eigenvalue weighted by molar-refractivity contribution is 6.31. The summed E-state index contributed by atoms with van der Waals surface area (Å²) < 4.78 is 13.5. The Morgan fingerprint density at radius 3 is 2.47 bits per heavy atom. The minimum Gasteiger partial charge on any atom is -0.481 e. The second-order valence-electron chi connectivity index (χ2n) is 3.56. The maximum absolute atomic E-state index is 13.5. The first-order valence-corrected chi connectivity index (χ1v) is 5.40.